The number of hydrogen-bond acceptors (Lipinski definition) is 6. The third kappa shape index (κ3) is 3.96. The van der Waals surface area contributed by atoms with Gasteiger partial charge in [0, 0.05) is 25.3 Å². The maximum absolute atomic E-state index is 12.7. The molecule has 7 nitrogen and oxygen atoms in total. The number of imidazole rings is 1. The van der Waals surface area contributed by atoms with Gasteiger partial charge in [0.15, 0.2) is 0 Å². The van der Waals surface area contributed by atoms with Crippen LogP contribution in [-0.4, -0.2) is 39.0 Å². The molecule has 0 amide bonds. The maximum atomic E-state index is 12.7. The molecule has 2 N–H and O–H groups in total. The number of nitrogens with zero attached hydrogens (tertiary/aromatic N) is 5. The lowest BCUT2D eigenvalue weighted by Crippen LogP contribution is -2.13. The zero-order valence-corrected chi connectivity index (χ0v) is 15.5. The van der Waals surface area contributed by atoms with E-state index < -0.39 is 11.7 Å². The predicted octanol–water partition coefficient (Wildman–Crippen LogP) is 4.24. The van der Waals surface area contributed by atoms with Gasteiger partial charge in [-0.25, -0.2) is 15.0 Å². The number of hydrogen-bond donors (Lipinski definition) is 2. The molecule has 2 heterocycles. The third-order valence-electron chi connectivity index (χ3n) is 4.18. The average molecular weight is 399 g/mol. The Balaban J connectivity index is 1.60. The molecule has 2 aromatic carbocycles. The van der Waals surface area contributed by atoms with Crippen LogP contribution in [0.3, 0.4) is 0 Å². The Morgan fingerprint density at radius 1 is 0.966 bits per heavy atom. The van der Waals surface area contributed by atoms with Gasteiger partial charge in [0.25, 0.3) is 0 Å². The number of rotatable bonds is 4. The summed E-state index contributed by atoms with van der Waals surface area (Å²) >= 11 is 0. The van der Waals surface area contributed by atoms with E-state index in [4.69, 9.17) is 0 Å². The fraction of sp³-hybridized carbons (Fsp3) is 0.158. The van der Waals surface area contributed by atoms with Gasteiger partial charge in [0.05, 0.1) is 16.6 Å². The molecule has 0 bridgehead atoms. The van der Waals surface area contributed by atoms with Crippen molar-refractivity contribution in [1.29, 1.82) is 0 Å². The van der Waals surface area contributed by atoms with Gasteiger partial charge in [0.2, 0.25) is 11.9 Å². The van der Waals surface area contributed by atoms with Gasteiger partial charge in [-0.1, -0.05) is 12.1 Å². The molecule has 0 atom stereocenters. The van der Waals surface area contributed by atoms with Crippen LogP contribution in [0.15, 0.2) is 48.8 Å². The molecular weight excluding hydrogens is 383 g/mol. The molecule has 148 valence electrons. The molecule has 4 aromatic rings. The highest BCUT2D eigenvalue weighted by atomic mass is 19.4. The molecule has 4 rings (SSSR count). The van der Waals surface area contributed by atoms with Crippen LogP contribution in [0.2, 0.25) is 0 Å². The van der Waals surface area contributed by atoms with Crippen molar-refractivity contribution in [3.63, 3.8) is 0 Å². The highest BCUT2D eigenvalue weighted by Gasteiger charge is 2.30. The average Bonchev–Trinajstić information content (AvgIpc) is 3.11. The van der Waals surface area contributed by atoms with E-state index in [2.05, 4.69) is 30.2 Å². The van der Waals surface area contributed by atoms with Gasteiger partial charge in [-0.05, 0) is 30.3 Å². The largest absolute Gasteiger partial charge is 0.416 e. The minimum absolute atomic E-state index is 0.394. The Labute approximate surface area is 163 Å². The predicted molar refractivity (Wildman–Crippen MR) is 104 cm³/mol. The lowest BCUT2D eigenvalue weighted by atomic mass is 10.1. The van der Waals surface area contributed by atoms with Gasteiger partial charge in [-0.3, -0.25) is 0 Å². The molecule has 0 unspecified atom stereocenters. The fourth-order valence-electron chi connectivity index (χ4n) is 2.73. The Kier molecular flexibility index (Phi) is 4.53. The van der Waals surface area contributed by atoms with Crippen molar-refractivity contribution in [3.8, 4) is 11.4 Å². The summed E-state index contributed by atoms with van der Waals surface area (Å²) < 4.78 is 38.2. The van der Waals surface area contributed by atoms with Gasteiger partial charge in [-0.15, -0.1) is 0 Å². The van der Waals surface area contributed by atoms with Crippen LogP contribution < -0.4 is 10.2 Å². The van der Waals surface area contributed by atoms with E-state index in [0.717, 1.165) is 23.3 Å². The number of aromatic amines is 1. The van der Waals surface area contributed by atoms with Crippen molar-refractivity contribution in [2.45, 2.75) is 6.18 Å². The maximum Gasteiger partial charge on any atom is 0.416 e. The van der Waals surface area contributed by atoms with Crippen molar-refractivity contribution in [1.82, 2.24) is 24.9 Å². The van der Waals surface area contributed by atoms with Crippen molar-refractivity contribution in [2.24, 2.45) is 0 Å². The molecule has 0 aliphatic rings. The minimum Gasteiger partial charge on any atom is -0.347 e. The number of aromatic nitrogens is 5. The first-order valence-corrected chi connectivity index (χ1v) is 8.60. The number of nitrogens with one attached hydrogen (secondary N) is 2. The van der Waals surface area contributed by atoms with Crippen molar-refractivity contribution >= 4 is 28.6 Å². The Morgan fingerprint density at radius 3 is 2.41 bits per heavy atom. The van der Waals surface area contributed by atoms with Crippen molar-refractivity contribution in [3.05, 3.63) is 54.4 Å². The summed E-state index contributed by atoms with van der Waals surface area (Å²) in [6.45, 7) is 0. The SMILES string of the molecule is CN(C)c1ncnc(Nc2ccc3nc(-c4ccc(C(F)(F)F)cc4)[nH]c3c2)n1. The number of H-pyrrole nitrogens is 1. The summed E-state index contributed by atoms with van der Waals surface area (Å²) in [6.07, 6.45) is -2.95. The molecule has 0 aliphatic heterocycles. The van der Waals surface area contributed by atoms with Crippen LogP contribution in [-0.2, 0) is 6.18 Å². The smallest absolute Gasteiger partial charge is 0.347 e. The summed E-state index contributed by atoms with van der Waals surface area (Å²) in [4.78, 5) is 21.8. The molecule has 0 aliphatic carbocycles. The second kappa shape index (κ2) is 7.04. The normalized spacial score (nSPS) is 11.6. The van der Waals surface area contributed by atoms with Gasteiger partial charge >= 0.3 is 6.18 Å². The molecule has 0 saturated carbocycles. The number of benzene rings is 2. The number of fused-ring (bicyclic) bond motifs is 1. The Bertz CT molecular complexity index is 1150. The standard InChI is InChI=1S/C19H16F3N7/c1-29(2)18-24-10-23-17(28-18)25-13-7-8-14-15(9-13)27-16(26-14)11-3-5-12(6-4-11)19(20,21)22/h3-10H,1-2H3,(H,26,27)(H,23,24,25,28). The van der Waals surface area contributed by atoms with Gasteiger partial charge in [0.1, 0.15) is 12.2 Å². The molecular formula is C19H16F3N7. The monoisotopic (exact) mass is 399 g/mol. The highest BCUT2D eigenvalue weighted by Crippen LogP contribution is 2.31. The van der Waals surface area contributed by atoms with Crippen LogP contribution in [0.25, 0.3) is 22.4 Å². The van der Waals surface area contributed by atoms with Crippen LogP contribution in [0.1, 0.15) is 5.56 Å². The van der Waals surface area contributed by atoms with Gasteiger partial charge < -0.3 is 15.2 Å². The molecule has 0 fully saturated rings. The summed E-state index contributed by atoms with van der Waals surface area (Å²) in [7, 11) is 3.66. The quantitative estimate of drug-likeness (QED) is 0.534. The minimum atomic E-state index is -4.37. The van der Waals surface area contributed by atoms with E-state index in [9.17, 15) is 13.2 Å². The van der Waals surface area contributed by atoms with E-state index in [0.29, 0.717) is 28.8 Å². The molecule has 0 spiro atoms. The topological polar surface area (TPSA) is 82.6 Å². The first-order chi connectivity index (χ1) is 13.8. The first-order valence-electron chi connectivity index (χ1n) is 8.60. The summed E-state index contributed by atoms with van der Waals surface area (Å²) in [6, 6.07) is 10.3. The number of anilines is 3. The van der Waals surface area contributed by atoms with Crippen LogP contribution >= 0.6 is 0 Å². The molecule has 0 saturated heterocycles. The Morgan fingerprint density at radius 2 is 1.72 bits per heavy atom. The van der Waals surface area contributed by atoms with Crippen LogP contribution in [0.4, 0.5) is 30.8 Å². The zero-order chi connectivity index (χ0) is 20.6. The van der Waals surface area contributed by atoms with Crippen molar-refractivity contribution in [2.75, 3.05) is 24.3 Å². The van der Waals surface area contributed by atoms with E-state index >= 15 is 0 Å². The Hall–Kier alpha value is -3.69. The van der Waals surface area contributed by atoms with Crippen LogP contribution in [0, 0.1) is 0 Å². The van der Waals surface area contributed by atoms with E-state index in [1.165, 1.54) is 18.5 Å². The highest BCUT2D eigenvalue weighted by molar-refractivity contribution is 5.83. The number of alkyl halides is 3. The number of halogens is 3. The van der Waals surface area contributed by atoms with E-state index in [1.54, 1.807) is 11.0 Å². The lowest BCUT2D eigenvalue weighted by molar-refractivity contribution is -0.137. The summed E-state index contributed by atoms with van der Waals surface area (Å²) in [5.74, 6) is 1.40. The van der Waals surface area contributed by atoms with E-state index in [1.807, 2.05) is 26.2 Å². The van der Waals surface area contributed by atoms with Gasteiger partial charge in [-0.2, -0.15) is 18.2 Å². The fourth-order valence-corrected chi connectivity index (χ4v) is 2.73. The molecule has 10 heteroatoms. The molecule has 2 aromatic heterocycles. The zero-order valence-electron chi connectivity index (χ0n) is 15.5. The molecule has 0 radical (unpaired) electrons. The summed E-state index contributed by atoms with van der Waals surface area (Å²) in [5, 5.41) is 3.10. The molecule has 29 heavy (non-hydrogen) atoms. The van der Waals surface area contributed by atoms with Crippen molar-refractivity contribution < 1.29 is 13.2 Å². The van der Waals surface area contributed by atoms with E-state index in [-0.39, 0.29) is 0 Å². The second-order valence-electron chi connectivity index (χ2n) is 6.52. The first kappa shape index (κ1) is 18.7. The second-order valence-corrected chi connectivity index (χ2v) is 6.52. The summed E-state index contributed by atoms with van der Waals surface area (Å²) in [5.41, 5.74) is 2.02. The lowest BCUT2D eigenvalue weighted by Gasteiger charge is -2.10. The third-order valence-corrected chi connectivity index (χ3v) is 4.18. The van der Waals surface area contributed by atoms with Crippen LogP contribution in [0.5, 0.6) is 0 Å².